The predicted octanol–water partition coefficient (Wildman–Crippen LogP) is 2.55. The van der Waals surface area contributed by atoms with E-state index in [2.05, 4.69) is 12.3 Å². The lowest BCUT2D eigenvalue weighted by atomic mass is 9.90. The van der Waals surface area contributed by atoms with Gasteiger partial charge >= 0.3 is 0 Å². The zero-order valence-corrected chi connectivity index (χ0v) is 10.5. The average Bonchev–Trinajstić information content (AvgIpc) is 3.13. The van der Waals surface area contributed by atoms with Crippen LogP contribution >= 0.6 is 0 Å². The van der Waals surface area contributed by atoms with Gasteiger partial charge in [-0.3, -0.25) is 11.3 Å². The van der Waals surface area contributed by atoms with E-state index in [-0.39, 0.29) is 11.9 Å². The molecule has 3 N–H and O–H groups in total. The second kappa shape index (κ2) is 5.15. The largest absolute Gasteiger partial charge is 0.271 e. The van der Waals surface area contributed by atoms with Crippen LogP contribution in [0.3, 0.4) is 0 Å². The Labute approximate surface area is 102 Å². The summed E-state index contributed by atoms with van der Waals surface area (Å²) in [5.41, 5.74) is 5.09. The third-order valence-electron chi connectivity index (χ3n) is 3.97. The van der Waals surface area contributed by atoms with Crippen LogP contribution in [0.15, 0.2) is 18.2 Å². The Balaban J connectivity index is 2.08. The van der Waals surface area contributed by atoms with Crippen LogP contribution in [0.5, 0.6) is 0 Å². The summed E-state index contributed by atoms with van der Waals surface area (Å²) in [6, 6.07) is 5.20. The van der Waals surface area contributed by atoms with Gasteiger partial charge in [-0.1, -0.05) is 13.0 Å². The van der Waals surface area contributed by atoms with Crippen molar-refractivity contribution < 1.29 is 4.39 Å². The molecule has 0 amide bonds. The third-order valence-corrected chi connectivity index (χ3v) is 3.97. The highest BCUT2D eigenvalue weighted by Gasteiger charge is 2.33. The first-order valence-electron chi connectivity index (χ1n) is 6.33. The molecule has 3 heteroatoms. The van der Waals surface area contributed by atoms with Gasteiger partial charge in [0.15, 0.2) is 0 Å². The first-order chi connectivity index (χ1) is 8.11. The number of hydrogen-bond acceptors (Lipinski definition) is 2. The van der Waals surface area contributed by atoms with Crippen molar-refractivity contribution in [2.45, 2.75) is 39.2 Å². The zero-order valence-electron chi connectivity index (χ0n) is 10.5. The molecule has 1 aliphatic rings. The molecule has 0 radical (unpaired) electrons. The van der Waals surface area contributed by atoms with Gasteiger partial charge in [-0.25, -0.2) is 4.39 Å². The van der Waals surface area contributed by atoms with Crippen molar-refractivity contribution in [2.75, 3.05) is 0 Å². The minimum absolute atomic E-state index is 0.166. The molecule has 2 nitrogen and oxygen atoms in total. The number of nitrogens with one attached hydrogen (secondary N) is 1. The Hall–Kier alpha value is -0.930. The van der Waals surface area contributed by atoms with Crippen molar-refractivity contribution in [2.24, 2.45) is 17.7 Å². The van der Waals surface area contributed by atoms with Gasteiger partial charge in [-0.2, -0.15) is 0 Å². The summed E-state index contributed by atoms with van der Waals surface area (Å²) in [6.45, 7) is 4.25. The quantitative estimate of drug-likeness (QED) is 0.609. The van der Waals surface area contributed by atoms with Gasteiger partial charge in [0.1, 0.15) is 5.82 Å². The van der Waals surface area contributed by atoms with E-state index in [0.29, 0.717) is 5.92 Å². The number of hydrazine groups is 1. The Bertz CT molecular complexity index is 388. The van der Waals surface area contributed by atoms with E-state index in [1.165, 1.54) is 18.9 Å². The van der Waals surface area contributed by atoms with Gasteiger partial charge in [-0.15, -0.1) is 0 Å². The lowest BCUT2D eigenvalue weighted by molar-refractivity contribution is 0.343. The summed E-state index contributed by atoms with van der Waals surface area (Å²) >= 11 is 0. The van der Waals surface area contributed by atoms with Crippen LogP contribution in [0.4, 0.5) is 4.39 Å². The second-order valence-corrected chi connectivity index (χ2v) is 5.24. The maximum atomic E-state index is 13.2. The van der Waals surface area contributed by atoms with E-state index >= 15 is 0 Å². The molecule has 2 atom stereocenters. The molecule has 2 rings (SSSR count). The first-order valence-corrected chi connectivity index (χ1v) is 6.33. The predicted molar refractivity (Wildman–Crippen MR) is 67.8 cm³/mol. The van der Waals surface area contributed by atoms with Gasteiger partial charge < -0.3 is 0 Å². The Kier molecular flexibility index (Phi) is 3.79. The second-order valence-electron chi connectivity index (χ2n) is 5.24. The van der Waals surface area contributed by atoms with Gasteiger partial charge in [0.05, 0.1) is 0 Å². The van der Waals surface area contributed by atoms with Crippen molar-refractivity contribution >= 4 is 0 Å². The van der Waals surface area contributed by atoms with Crippen molar-refractivity contribution in [1.29, 1.82) is 0 Å². The zero-order chi connectivity index (χ0) is 12.4. The van der Waals surface area contributed by atoms with Crippen LogP contribution in [0.1, 0.15) is 30.9 Å². The van der Waals surface area contributed by atoms with Crippen molar-refractivity contribution in [3.63, 3.8) is 0 Å². The summed E-state index contributed by atoms with van der Waals surface area (Å²) in [4.78, 5) is 0. The van der Waals surface area contributed by atoms with Gasteiger partial charge in [0.25, 0.3) is 0 Å². The molecule has 0 heterocycles. The summed E-state index contributed by atoms with van der Waals surface area (Å²) in [6.07, 6.45) is 3.42. The first kappa shape index (κ1) is 12.5. The molecule has 1 saturated carbocycles. The number of aryl methyl sites for hydroxylation is 1. The van der Waals surface area contributed by atoms with Crippen LogP contribution in [-0.4, -0.2) is 6.04 Å². The number of hydrogen-bond donors (Lipinski definition) is 2. The monoisotopic (exact) mass is 236 g/mol. The molecule has 0 bridgehead atoms. The van der Waals surface area contributed by atoms with Crippen molar-refractivity contribution in [3.05, 3.63) is 35.1 Å². The normalized spacial score (nSPS) is 19.1. The maximum Gasteiger partial charge on any atom is 0.123 e. The molecule has 17 heavy (non-hydrogen) atoms. The lowest BCUT2D eigenvalue weighted by Gasteiger charge is -2.24. The van der Waals surface area contributed by atoms with Crippen LogP contribution in [0.25, 0.3) is 0 Å². The fraction of sp³-hybridized carbons (Fsp3) is 0.571. The molecule has 0 aliphatic heterocycles. The molecular weight excluding hydrogens is 215 g/mol. The van der Waals surface area contributed by atoms with Crippen LogP contribution < -0.4 is 11.3 Å². The Morgan fingerprint density at radius 3 is 2.76 bits per heavy atom. The van der Waals surface area contributed by atoms with E-state index < -0.39 is 0 Å². The maximum absolute atomic E-state index is 13.2. The Morgan fingerprint density at radius 1 is 1.47 bits per heavy atom. The number of nitrogens with two attached hydrogens (primary N) is 1. The Morgan fingerprint density at radius 2 is 2.18 bits per heavy atom. The molecule has 2 unspecified atom stereocenters. The average molecular weight is 236 g/mol. The van der Waals surface area contributed by atoms with E-state index in [4.69, 9.17) is 5.84 Å². The molecule has 0 saturated heterocycles. The summed E-state index contributed by atoms with van der Waals surface area (Å²) < 4.78 is 13.2. The highest BCUT2D eigenvalue weighted by atomic mass is 19.1. The highest BCUT2D eigenvalue weighted by molar-refractivity contribution is 5.27. The molecule has 0 spiro atoms. The minimum Gasteiger partial charge on any atom is -0.271 e. The molecule has 1 aromatic rings. The molecular formula is C14H21FN2. The van der Waals surface area contributed by atoms with Gasteiger partial charge in [0.2, 0.25) is 0 Å². The fourth-order valence-corrected chi connectivity index (χ4v) is 2.44. The van der Waals surface area contributed by atoms with Crippen LogP contribution in [-0.2, 0) is 6.42 Å². The summed E-state index contributed by atoms with van der Waals surface area (Å²) in [5, 5.41) is 0. The smallest absolute Gasteiger partial charge is 0.123 e. The SMILES string of the molecule is Cc1ccc(F)cc1CC(NN)C(C)C1CC1. The minimum atomic E-state index is -0.166. The molecule has 1 fully saturated rings. The number of benzene rings is 1. The van der Waals surface area contributed by atoms with E-state index in [1.807, 2.05) is 13.0 Å². The molecule has 94 valence electrons. The molecule has 1 aliphatic carbocycles. The summed E-state index contributed by atoms with van der Waals surface area (Å²) in [5.74, 6) is 6.82. The van der Waals surface area contributed by atoms with Gasteiger partial charge in [-0.05, 0) is 61.3 Å². The standard InChI is InChI=1S/C14H21FN2/c1-9-3-6-13(15)7-12(9)8-14(17-16)10(2)11-4-5-11/h3,6-7,10-11,14,17H,4-5,8,16H2,1-2H3. The van der Waals surface area contributed by atoms with Crippen molar-refractivity contribution in [3.8, 4) is 0 Å². The van der Waals surface area contributed by atoms with Crippen LogP contribution in [0, 0.1) is 24.6 Å². The fourth-order valence-electron chi connectivity index (χ4n) is 2.44. The van der Waals surface area contributed by atoms with E-state index in [9.17, 15) is 4.39 Å². The lowest BCUT2D eigenvalue weighted by Crippen LogP contribution is -2.42. The van der Waals surface area contributed by atoms with Crippen molar-refractivity contribution in [1.82, 2.24) is 5.43 Å². The summed E-state index contributed by atoms with van der Waals surface area (Å²) in [7, 11) is 0. The van der Waals surface area contributed by atoms with Crippen LogP contribution in [0.2, 0.25) is 0 Å². The van der Waals surface area contributed by atoms with E-state index in [0.717, 1.165) is 23.5 Å². The molecule has 0 aromatic heterocycles. The van der Waals surface area contributed by atoms with Gasteiger partial charge in [0, 0.05) is 6.04 Å². The number of halogens is 1. The molecule has 1 aromatic carbocycles. The third kappa shape index (κ3) is 3.05. The number of rotatable bonds is 5. The van der Waals surface area contributed by atoms with E-state index in [1.54, 1.807) is 6.07 Å². The topological polar surface area (TPSA) is 38.0 Å². The highest BCUT2D eigenvalue weighted by Crippen LogP contribution is 2.38.